The fraction of sp³-hybridized carbons (Fsp3) is 0.333. The number of halogens is 1. The molecule has 0 heterocycles. The van der Waals surface area contributed by atoms with Crippen molar-refractivity contribution >= 4 is 11.9 Å². The predicted molar refractivity (Wildman–Crippen MR) is 74.3 cm³/mol. The van der Waals surface area contributed by atoms with E-state index in [1.165, 1.54) is 12.1 Å². The molecule has 0 fully saturated rings. The fourth-order valence-electron chi connectivity index (χ4n) is 1.77. The number of carbonyl (C=O) groups is 2. The first-order chi connectivity index (χ1) is 9.45. The minimum atomic E-state index is -1.23. The number of rotatable bonds is 7. The molecule has 2 N–H and O–H groups in total. The van der Waals surface area contributed by atoms with E-state index in [1.807, 2.05) is 6.92 Å². The molecule has 0 radical (unpaired) electrons. The Morgan fingerprint density at radius 3 is 2.75 bits per heavy atom. The molecule has 1 aromatic carbocycles. The van der Waals surface area contributed by atoms with E-state index in [4.69, 9.17) is 5.11 Å². The summed E-state index contributed by atoms with van der Waals surface area (Å²) in [5.41, 5.74) is -0.330. The zero-order valence-corrected chi connectivity index (χ0v) is 11.4. The van der Waals surface area contributed by atoms with Gasteiger partial charge < -0.3 is 10.4 Å². The fourth-order valence-corrected chi connectivity index (χ4v) is 1.77. The van der Waals surface area contributed by atoms with Crippen LogP contribution in [-0.2, 0) is 0 Å². The van der Waals surface area contributed by atoms with Crippen LogP contribution in [0.2, 0.25) is 0 Å². The van der Waals surface area contributed by atoms with Gasteiger partial charge in [0, 0.05) is 6.04 Å². The molecule has 0 aliphatic rings. The van der Waals surface area contributed by atoms with E-state index in [0.717, 1.165) is 25.3 Å². The Labute approximate surface area is 117 Å². The van der Waals surface area contributed by atoms with Crippen molar-refractivity contribution in [3.8, 4) is 0 Å². The Kier molecular flexibility index (Phi) is 5.90. The van der Waals surface area contributed by atoms with Gasteiger partial charge in [0.05, 0.1) is 11.1 Å². The Bertz CT molecular complexity index is 514. The summed E-state index contributed by atoms with van der Waals surface area (Å²) in [5.74, 6) is -2.60. The summed E-state index contributed by atoms with van der Waals surface area (Å²) in [6.07, 6.45) is 4.33. The van der Waals surface area contributed by atoms with Crippen LogP contribution in [0.15, 0.2) is 30.9 Å². The summed E-state index contributed by atoms with van der Waals surface area (Å²) in [5, 5.41) is 11.4. The Balaban J connectivity index is 2.68. The highest BCUT2D eigenvalue weighted by atomic mass is 19.1. The summed E-state index contributed by atoms with van der Waals surface area (Å²) in [7, 11) is 0. The second-order valence-corrected chi connectivity index (χ2v) is 4.59. The average molecular weight is 279 g/mol. The lowest BCUT2D eigenvalue weighted by atomic mass is 10.1. The molecule has 0 spiro atoms. The molecule has 0 saturated heterocycles. The van der Waals surface area contributed by atoms with Gasteiger partial charge in [-0.05, 0) is 44.4 Å². The van der Waals surface area contributed by atoms with Crippen molar-refractivity contribution in [2.75, 3.05) is 0 Å². The van der Waals surface area contributed by atoms with Crippen LogP contribution in [0.25, 0.3) is 0 Å². The highest BCUT2D eigenvalue weighted by Crippen LogP contribution is 2.11. The van der Waals surface area contributed by atoms with Gasteiger partial charge in [-0.3, -0.25) is 4.79 Å². The zero-order chi connectivity index (χ0) is 15.1. The number of unbranched alkanes of at least 4 members (excludes halogenated alkanes) is 1. The second kappa shape index (κ2) is 7.43. The van der Waals surface area contributed by atoms with Crippen LogP contribution in [0.3, 0.4) is 0 Å². The second-order valence-electron chi connectivity index (χ2n) is 4.59. The van der Waals surface area contributed by atoms with Gasteiger partial charge in [-0.2, -0.15) is 0 Å². The van der Waals surface area contributed by atoms with E-state index in [2.05, 4.69) is 11.9 Å². The maximum atomic E-state index is 13.7. The summed E-state index contributed by atoms with van der Waals surface area (Å²) in [6, 6.07) is 3.16. The molecule has 5 heteroatoms. The number of nitrogens with one attached hydrogen (secondary N) is 1. The summed E-state index contributed by atoms with van der Waals surface area (Å²) in [4.78, 5) is 22.6. The number of hydrogen-bond acceptors (Lipinski definition) is 2. The number of aromatic carboxylic acids is 1. The van der Waals surface area contributed by atoms with Crippen LogP contribution in [-0.4, -0.2) is 23.0 Å². The van der Waals surface area contributed by atoms with Crippen molar-refractivity contribution in [2.45, 2.75) is 32.2 Å². The van der Waals surface area contributed by atoms with E-state index in [0.29, 0.717) is 0 Å². The van der Waals surface area contributed by atoms with Gasteiger partial charge in [0.25, 0.3) is 5.91 Å². The smallest absolute Gasteiger partial charge is 0.335 e. The maximum absolute atomic E-state index is 13.7. The van der Waals surface area contributed by atoms with Crippen molar-refractivity contribution < 1.29 is 19.1 Å². The molecule has 4 nitrogen and oxygen atoms in total. The summed E-state index contributed by atoms with van der Waals surface area (Å²) in [6.45, 7) is 5.45. The molecule has 0 aromatic heterocycles. The number of carbonyl (C=O) groups excluding carboxylic acids is 1. The van der Waals surface area contributed by atoms with Gasteiger partial charge in [-0.1, -0.05) is 6.08 Å². The summed E-state index contributed by atoms with van der Waals surface area (Å²) < 4.78 is 13.7. The zero-order valence-electron chi connectivity index (χ0n) is 11.4. The van der Waals surface area contributed by atoms with Gasteiger partial charge in [-0.15, -0.1) is 6.58 Å². The minimum Gasteiger partial charge on any atom is -0.478 e. The van der Waals surface area contributed by atoms with Crippen molar-refractivity contribution in [2.24, 2.45) is 0 Å². The topological polar surface area (TPSA) is 66.4 Å². The average Bonchev–Trinajstić information content (AvgIpc) is 2.38. The quantitative estimate of drug-likeness (QED) is 0.595. The molecule has 1 aromatic rings. The molecule has 1 amide bonds. The molecule has 0 bridgehead atoms. The highest BCUT2D eigenvalue weighted by molar-refractivity contribution is 5.96. The van der Waals surface area contributed by atoms with Crippen LogP contribution < -0.4 is 5.32 Å². The number of carboxylic acid groups (broad SMARTS) is 1. The molecular weight excluding hydrogens is 261 g/mol. The third-order valence-electron chi connectivity index (χ3n) is 2.88. The molecule has 1 atom stereocenters. The standard InChI is InChI=1S/C15H18FNO3/c1-3-4-5-6-10(2)17-14(18)12-8-7-11(15(19)20)9-13(12)16/h3,7-10H,1,4-6H2,2H3,(H,17,18)(H,19,20). The normalized spacial score (nSPS) is 11.7. The Hall–Kier alpha value is -2.17. The third kappa shape index (κ3) is 4.50. The lowest BCUT2D eigenvalue weighted by Gasteiger charge is -2.13. The predicted octanol–water partition coefficient (Wildman–Crippen LogP) is 3.00. The number of allylic oxidation sites excluding steroid dienone is 1. The molecule has 1 rings (SSSR count). The molecule has 0 aliphatic heterocycles. The van der Waals surface area contributed by atoms with Crippen molar-refractivity contribution in [3.05, 3.63) is 47.8 Å². The molecule has 1 unspecified atom stereocenters. The first-order valence-corrected chi connectivity index (χ1v) is 6.40. The van der Waals surface area contributed by atoms with Gasteiger partial charge >= 0.3 is 5.97 Å². The first-order valence-electron chi connectivity index (χ1n) is 6.40. The monoisotopic (exact) mass is 279 g/mol. The van der Waals surface area contributed by atoms with Crippen LogP contribution in [0.5, 0.6) is 0 Å². The van der Waals surface area contributed by atoms with Gasteiger partial charge in [0.2, 0.25) is 0 Å². The van der Waals surface area contributed by atoms with E-state index >= 15 is 0 Å². The number of benzene rings is 1. The molecule has 0 aliphatic carbocycles. The first kappa shape index (κ1) is 15.9. The van der Waals surface area contributed by atoms with Gasteiger partial charge in [0.1, 0.15) is 5.82 Å². The van der Waals surface area contributed by atoms with Crippen molar-refractivity contribution in [1.82, 2.24) is 5.32 Å². The lowest BCUT2D eigenvalue weighted by Crippen LogP contribution is -2.33. The third-order valence-corrected chi connectivity index (χ3v) is 2.88. The highest BCUT2D eigenvalue weighted by Gasteiger charge is 2.15. The van der Waals surface area contributed by atoms with Crippen molar-refractivity contribution in [3.63, 3.8) is 0 Å². The molecule has 108 valence electrons. The largest absolute Gasteiger partial charge is 0.478 e. The Morgan fingerprint density at radius 2 is 2.20 bits per heavy atom. The minimum absolute atomic E-state index is 0.0824. The van der Waals surface area contributed by atoms with E-state index < -0.39 is 17.7 Å². The number of amides is 1. The van der Waals surface area contributed by atoms with E-state index in [1.54, 1.807) is 6.08 Å². The maximum Gasteiger partial charge on any atom is 0.335 e. The van der Waals surface area contributed by atoms with E-state index in [9.17, 15) is 14.0 Å². The molecule has 0 saturated carbocycles. The van der Waals surface area contributed by atoms with Crippen LogP contribution in [0.4, 0.5) is 4.39 Å². The Morgan fingerprint density at radius 1 is 1.50 bits per heavy atom. The van der Waals surface area contributed by atoms with Crippen molar-refractivity contribution in [1.29, 1.82) is 0 Å². The number of carboxylic acids is 1. The lowest BCUT2D eigenvalue weighted by molar-refractivity contribution is 0.0695. The SMILES string of the molecule is C=CCCCC(C)NC(=O)c1ccc(C(=O)O)cc1F. The molecular formula is C15H18FNO3. The van der Waals surface area contributed by atoms with Crippen LogP contribution in [0, 0.1) is 5.82 Å². The van der Waals surface area contributed by atoms with Crippen LogP contribution in [0.1, 0.15) is 46.9 Å². The van der Waals surface area contributed by atoms with E-state index in [-0.39, 0.29) is 17.2 Å². The van der Waals surface area contributed by atoms with Gasteiger partial charge in [-0.25, -0.2) is 9.18 Å². The molecule has 20 heavy (non-hydrogen) atoms. The van der Waals surface area contributed by atoms with Crippen LogP contribution >= 0.6 is 0 Å². The number of hydrogen-bond donors (Lipinski definition) is 2. The summed E-state index contributed by atoms with van der Waals surface area (Å²) >= 11 is 0. The van der Waals surface area contributed by atoms with Gasteiger partial charge in [0.15, 0.2) is 0 Å².